The Kier molecular flexibility index (Phi) is 6.80. The molecule has 8 nitrogen and oxygen atoms in total. The number of nitrogens with zero attached hydrogens (tertiary/aromatic N) is 5. The van der Waals surface area contributed by atoms with E-state index in [9.17, 15) is 0 Å². The summed E-state index contributed by atoms with van der Waals surface area (Å²) in [5.74, 6) is 2.70. The first-order chi connectivity index (χ1) is 18.1. The van der Waals surface area contributed by atoms with E-state index in [1.165, 1.54) is 5.69 Å². The number of ether oxygens (including phenoxy) is 3. The van der Waals surface area contributed by atoms with Crippen molar-refractivity contribution in [3.05, 3.63) is 54.1 Å². The van der Waals surface area contributed by atoms with Gasteiger partial charge in [0.05, 0.1) is 31.7 Å². The number of piperazine rings is 1. The predicted molar refractivity (Wildman–Crippen MR) is 145 cm³/mol. The molecule has 0 radical (unpaired) electrons. The van der Waals surface area contributed by atoms with Gasteiger partial charge in [-0.1, -0.05) is 6.07 Å². The number of methoxy groups -OCH3 is 1. The number of hydrogen-bond donors (Lipinski definition) is 0. The molecular formula is C29H37N5O3. The van der Waals surface area contributed by atoms with Crippen molar-refractivity contribution in [1.82, 2.24) is 19.4 Å². The molecule has 196 valence electrons. The van der Waals surface area contributed by atoms with Crippen molar-refractivity contribution in [1.29, 1.82) is 0 Å². The lowest BCUT2D eigenvalue weighted by molar-refractivity contribution is 0.0337. The van der Waals surface area contributed by atoms with Gasteiger partial charge in [0.15, 0.2) is 5.82 Å². The fourth-order valence-electron chi connectivity index (χ4n) is 5.60. The van der Waals surface area contributed by atoms with Crippen LogP contribution in [0.2, 0.25) is 0 Å². The minimum Gasteiger partial charge on any atom is -0.496 e. The van der Waals surface area contributed by atoms with Gasteiger partial charge in [0.1, 0.15) is 18.1 Å². The van der Waals surface area contributed by atoms with Crippen molar-refractivity contribution < 1.29 is 14.2 Å². The Morgan fingerprint density at radius 3 is 2.54 bits per heavy atom. The third-order valence-electron chi connectivity index (χ3n) is 7.80. The monoisotopic (exact) mass is 503 g/mol. The molecule has 6 rings (SSSR count). The molecule has 0 unspecified atom stereocenters. The van der Waals surface area contributed by atoms with Crippen molar-refractivity contribution in [3.63, 3.8) is 0 Å². The van der Waals surface area contributed by atoms with Gasteiger partial charge in [0.25, 0.3) is 0 Å². The Balaban J connectivity index is 1.22. The van der Waals surface area contributed by atoms with Crippen LogP contribution in [0.1, 0.15) is 25.4 Å². The summed E-state index contributed by atoms with van der Waals surface area (Å²) in [6.45, 7) is 13.6. The molecule has 0 atom stereocenters. The van der Waals surface area contributed by atoms with Crippen LogP contribution < -0.4 is 14.4 Å². The van der Waals surface area contributed by atoms with Gasteiger partial charge >= 0.3 is 0 Å². The molecule has 2 saturated heterocycles. The Labute approximate surface area is 219 Å². The maximum absolute atomic E-state index is 6.17. The number of aromatic nitrogens is 2. The third kappa shape index (κ3) is 4.93. The van der Waals surface area contributed by atoms with Gasteiger partial charge in [-0.15, -0.1) is 0 Å². The van der Waals surface area contributed by atoms with Crippen LogP contribution in [0.3, 0.4) is 0 Å². The van der Waals surface area contributed by atoms with E-state index in [2.05, 4.69) is 75.7 Å². The van der Waals surface area contributed by atoms with E-state index in [0.717, 1.165) is 98.9 Å². The van der Waals surface area contributed by atoms with Crippen LogP contribution in [0.15, 0.2) is 42.6 Å². The second-order valence-corrected chi connectivity index (χ2v) is 10.4. The number of anilines is 1. The Bertz CT molecular complexity index is 1240. The first-order valence-electron chi connectivity index (χ1n) is 13.4. The summed E-state index contributed by atoms with van der Waals surface area (Å²) in [6, 6.07) is 13.6. The molecule has 37 heavy (non-hydrogen) atoms. The van der Waals surface area contributed by atoms with Gasteiger partial charge in [0.2, 0.25) is 0 Å². The molecular weight excluding hydrogens is 466 g/mol. The molecule has 0 bridgehead atoms. The van der Waals surface area contributed by atoms with Crippen LogP contribution in [0, 0.1) is 0 Å². The maximum atomic E-state index is 6.17. The predicted octanol–water partition coefficient (Wildman–Crippen LogP) is 3.80. The van der Waals surface area contributed by atoms with Gasteiger partial charge in [-0.25, -0.2) is 4.98 Å². The smallest absolute Gasteiger partial charge is 0.151 e. The van der Waals surface area contributed by atoms with Crippen LogP contribution in [-0.2, 0) is 17.9 Å². The van der Waals surface area contributed by atoms with Crippen molar-refractivity contribution in [2.45, 2.75) is 33.0 Å². The van der Waals surface area contributed by atoms with Gasteiger partial charge in [0, 0.05) is 75.4 Å². The fourth-order valence-corrected chi connectivity index (χ4v) is 5.60. The average Bonchev–Trinajstić information content (AvgIpc) is 3.36. The summed E-state index contributed by atoms with van der Waals surface area (Å²) in [6.07, 6.45) is 2.15. The van der Waals surface area contributed by atoms with Crippen LogP contribution in [0.5, 0.6) is 11.5 Å². The Morgan fingerprint density at radius 2 is 1.78 bits per heavy atom. The largest absolute Gasteiger partial charge is 0.496 e. The second kappa shape index (κ2) is 10.4. The minimum absolute atomic E-state index is 0.470. The molecule has 2 fully saturated rings. The van der Waals surface area contributed by atoms with E-state index in [-0.39, 0.29) is 0 Å². The zero-order valence-electron chi connectivity index (χ0n) is 22.2. The van der Waals surface area contributed by atoms with Crippen molar-refractivity contribution in [2.24, 2.45) is 0 Å². The summed E-state index contributed by atoms with van der Waals surface area (Å²) >= 11 is 0. The molecule has 1 aromatic heterocycles. The maximum Gasteiger partial charge on any atom is 0.151 e. The lowest BCUT2D eigenvalue weighted by atomic mass is 10.0. The number of morpholine rings is 1. The molecule has 2 aromatic carbocycles. The molecule has 0 spiro atoms. The number of imidazole rings is 1. The zero-order chi connectivity index (χ0) is 25.4. The number of fused-ring (bicyclic) bond motifs is 3. The quantitative estimate of drug-likeness (QED) is 0.507. The number of rotatable bonds is 6. The highest BCUT2D eigenvalue weighted by Crippen LogP contribution is 2.39. The molecule has 3 aliphatic rings. The SMILES string of the molecule is COc1cc(N2CCN(C(C)C)CC2)ccc1-c1ccc2c(c1)OCc1nc(CN3CCOCC3)cn1-2. The molecule has 3 aliphatic heterocycles. The van der Waals surface area contributed by atoms with E-state index in [0.29, 0.717) is 12.6 Å². The summed E-state index contributed by atoms with van der Waals surface area (Å²) in [7, 11) is 1.75. The number of hydrogen-bond acceptors (Lipinski definition) is 7. The molecule has 0 aliphatic carbocycles. The van der Waals surface area contributed by atoms with Gasteiger partial charge in [-0.2, -0.15) is 0 Å². The fraction of sp³-hybridized carbons (Fsp3) is 0.483. The first kappa shape index (κ1) is 24.3. The van der Waals surface area contributed by atoms with Gasteiger partial charge in [-0.05, 0) is 43.7 Å². The first-order valence-corrected chi connectivity index (χ1v) is 13.4. The standard InChI is InChI=1S/C29H37N5O3/c1-21(2)32-8-10-33(11-9-32)24-5-6-25(27(17-24)35-3)22-4-7-26-28(16-22)37-20-29-30-23(19-34(26)29)18-31-12-14-36-15-13-31/h4-7,16-17,19,21H,8-15,18,20H2,1-3H3. The van der Waals surface area contributed by atoms with Crippen molar-refractivity contribution in [3.8, 4) is 28.3 Å². The normalized spacial score (nSPS) is 18.4. The second-order valence-electron chi connectivity index (χ2n) is 10.4. The Morgan fingerprint density at radius 1 is 0.973 bits per heavy atom. The van der Waals surface area contributed by atoms with Crippen molar-refractivity contribution in [2.75, 3.05) is 64.5 Å². The van der Waals surface area contributed by atoms with E-state index in [4.69, 9.17) is 19.2 Å². The highest BCUT2D eigenvalue weighted by Gasteiger charge is 2.23. The summed E-state index contributed by atoms with van der Waals surface area (Å²) in [4.78, 5) is 12.2. The van der Waals surface area contributed by atoms with Crippen LogP contribution in [0.4, 0.5) is 5.69 Å². The van der Waals surface area contributed by atoms with E-state index in [1.807, 2.05) is 0 Å². The lowest BCUT2D eigenvalue weighted by Gasteiger charge is -2.38. The van der Waals surface area contributed by atoms with Crippen molar-refractivity contribution >= 4 is 5.69 Å². The molecule has 0 N–H and O–H groups in total. The van der Waals surface area contributed by atoms with E-state index in [1.54, 1.807) is 7.11 Å². The number of benzene rings is 2. The van der Waals surface area contributed by atoms with Gasteiger partial charge in [-0.3, -0.25) is 14.4 Å². The summed E-state index contributed by atoms with van der Waals surface area (Å²) in [5.41, 5.74) is 5.48. The van der Waals surface area contributed by atoms with E-state index < -0.39 is 0 Å². The van der Waals surface area contributed by atoms with Gasteiger partial charge < -0.3 is 19.1 Å². The van der Waals surface area contributed by atoms with E-state index >= 15 is 0 Å². The highest BCUT2D eigenvalue weighted by atomic mass is 16.5. The summed E-state index contributed by atoms with van der Waals surface area (Å²) < 4.78 is 19.7. The molecule has 3 aromatic rings. The minimum atomic E-state index is 0.470. The highest BCUT2D eigenvalue weighted by molar-refractivity contribution is 5.76. The molecule has 4 heterocycles. The third-order valence-corrected chi connectivity index (χ3v) is 7.80. The van der Waals surface area contributed by atoms with Crippen LogP contribution in [0.25, 0.3) is 16.8 Å². The summed E-state index contributed by atoms with van der Waals surface area (Å²) in [5, 5.41) is 0. The topological polar surface area (TPSA) is 55.2 Å². The van der Waals surface area contributed by atoms with Crippen LogP contribution >= 0.6 is 0 Å². The zero-order valence-corrected chi connectivity index (χ0v) is 22.2. The molecule has 0 saturated carbocycles. The Hall–Kier alpha value is -3.07. The molecule has 8 heteroatoms. The average molecular weight is 504 g/mol. The lowest BCUT2D eigenvalue weighted by Crippen LogP contribution is -2.48. The van der Waals surface area contributed by atoms with Crippen LogP contribution in [-0.4, -0.2) is 85.0 Å². The molecule has 0 amide bonds.